The number of rotatable bonds is 4. The first kappa shape index (κ1) is 11.7. The molecule has 0 atom stereocenters. The van der Waals surface area contributed by atoms with Crippen LogP contribution in [0.15, 0.2) is 4.99 Å². The average Bonchev–Trinajstić information content (AvgIpc) is 3.05. The molecule has 16 heavy (non-hydrogen) atoms. The van der Waals surface area contributed by atoms with E-state index in [4.69, 9.17) is 5.73 Å². The third-order valence-electron chi connectivity index (χ3n) is 3.35. The Morgan fingerprint density at radius 2 is 2.00 bits per heavy atom. The van der Waals surface area contributed by atoms with Crippen molar-refractivity contribution in [1.29, 1.82) is 0 Å². The molecule has 0 aromatic heterocycles. The highest BCUT2D eigenvalue weighted by Crippen LogP contribution is 2.18. The Labute approximate surface area is 98.3 Å². The molecule has 1 aliphatic heterocycles. The Bertz CT molecular complexity index is 239. The predicted molar refractivity (Wildman–Crippen MR) is 67.5 cm³/mol. The first-order valence-corrected chi connectivity index (χ1v) is 6.60. The van der Waals surface area contributed by atoms with Gasteiger partial charge in [0.1, 0.15) is 0 Å². The summed E-state index contributed by atoms with van der Waals surface area (Å²) in [6, 6.07) is 1.06. The molecular weight excluding hydrogens is 200 g/mol. The van der Waals surface area contributed by atoms with E-state index in [-0.39, 0.29) is 0 Å². The van der Waals surface area contributed by atoms with Gasteiger partial charge in [-0.15, -0.1) is 0 Å². The third kappa shape index (κ3) is 3.67. The van der Waals surface area contributed by atoms with Crippen molar-refractivity contribution in [1.82, 2.24) is 10.2 Å². The van der Waals surface area contributed by atoms with E-state index >= 15 is 0 Å². The van der Waals surface area contributed by atoms with E-state index < -0.39 is 0 Å². The molecule has 0 unspecified atom stereocenters. The minimum atomic E-state index is 0.444. The van der Waals surface area contributed by atoms with Gasteiger partial charge >= 0.3 is 0 Å². The predicted octanol–water partition coefficient (Wildman–Crippen LogP) is 0.928. The SMILES string of the molecule is CCCN1CCC(N=C(N)NC2CC2)CC1. The van der Waals surface area contributed by atoms with Crippen LogP contribution in [0.1, 0.15) is 39.0 Å². The molecule has 0 radical (unpaired) electrons. The fraction of sp³-hybridized carbons (Fsp3) is 0.917. The highest BCUT2D eigenvalue weighted by atomic mass is 15.2. The zero-order valence-corrected chi connectivity index (χ0v) is 10.3. The van der Waals surface area contributed by atoms with Gasteiger partial charge in [0, 0.05) is 19.1 Å². The maximum atomic E-state index is 5.86. The molecule has 1 saturated heterocycles. The highest BCUT2D eigenvalue weighted by Gasteiger charge is 2.22. The van der Waals surface area contributed by atoms with E-state index in [1.807, 2.05) is 0 Å². The minimum absolute atomic E-state index is 0.444. The lowest BCUT2D eigenvalue weighted by Crippen LogP contribution is -2.39. The summed E-state index contributed by atoms with van der Waals surface area (Å²) in [5.41, 5.74) is 5.86. The second kappa shape index (κ2) is 5.53. The third-order valence-corrected chi connectivity index (χ3v) is 3.35. The lowest BCUT2D eigenvalue weighted by atomic mass is 10.1. The fourth-order valence-corrected chi connectivity index (χ4v) is 2.26. The Balaban J connectivity index is 1.70. The van der Waals surface area contributed by atoms with Crippen molar-refractivity contribution >= 4 is 5.96 Å². The van der Waals surface area contributed by atoms with Gasteiger partial charge in [0.15, 0.2) is 5.96 Å². The molecular formula is C12H24N4. The smallest absolute Gasteiger partial charge is 0.189 e. The zero-order chi connectivity index (χ0) is 11.4. The van der Waals surface area contributed by atoms with Gasteiger partial charge in [-0.2, -0.15) is 0 Å². The van der Waals surface area contributed by atoms with Crippen LogP contribution in [0.25, 0.3) is 0 Å². The second-order valence-corrected chi connectivity index (χ2v) is 5.01. The van der Waals surface area contributed by atoms with Gasteiger partial charge in [-0.25, -0.2) is 0 Å². The minimum Gasteiger partial charge on any atom is -0.370 e. The maximum Gasteiger partial charge on any atom is 0.189 e. The standard InChI is InChI=1S/C12H24N4/c1-2-7-16-8-5-11(6-9-16)15-12(13)14-10-3-4-10/h10-11H,2-9H2,1H3,(H3,13,14,15). The lowest BCUT2D eigenvalue weighted by molar-refractivity contribution is 0.214. The highest BCUT2D eigenvalue weighted by molar-refractivity contribution is 5.78. The molecule has 92 valence electrons. The van der Waals surface area contributed by atoms with Gasteiger partial charge in [-0.3, -0.25) is 4.99 Å². The molecule has 1 heterocycles. The van der Waals surface area contributed by atoms with Gasteiger partial charge in [-0.1, -0.05) is 6.92 Å². The molecule has 2 aliphatic rings. The molecule has 1 saturated carbocycles. The van der Waals surface area contributed by atoms with Crippen molar-refractivity contribution in [3.63, 3.8) is 0 Å². The van der Waals surface area contributed by atoms with E-state index in [0.29, 0.717) is 18.0 Å². The van der Waals surface area contributed by atoms with E-state index in [9.17, 15) is 0 Å². The molecule has 4 nitrogen and oxygen atoms in total. The van der Waals surface area contributed by atoms with Crippen molar-refractivity contribution in [2.24, 2.45) is 10.7 Å². The van der Waals surface area contributed by atoms with E-state index in [0.717, 1.165) is 12.8 Å². The molecule has 2 fully saturated rings. The Kier molecular flexibility index (Phi) is 4.04. The van der Waals surface area contributed by atoms with Crippen LogP contribution in [-0.4, -0.2) is 42.6 Å². The van der Waals surface area contributed by atoms with Crippen molar-refractivity contribution in [2.45, 2.75) is 51.1 Å². The molecule has 0 amide bonds. The number of nitrogens with two attached hydrogens (primary N) is 1. The van der Waals surface area contributed by atoms with Gasteiger partial charge < -0.3 is 16.0 Å². The molecule has 0 spiro atoms. The number of nitrogens with zero attached hydrogens (tertiary/aromatic N) is 2. The van der Waals surface area contributed by atoms with Crippen molar-refractivity contribution < 1.29 is 0 Å². The largest absolute Gasteiger partial charge is 0.370 e. The van der Waals surface area contributed by atoms with Gasteiger partial charge in [0.2, 0.25) is 0 Å². The van der Waals surface area contributed by atoms with Crippen molar-refractivity contribution in [3.8, 4) is 0 Å². The number of nitrogens with one attached hydrogen (secondary N) is 1. The number of aliphatic imine (C=N–C) groups is 1. The van der Waals surface area contributed by atoms with Crippen LogP contribution in [-0.2, 0) is 0 Å². The summed E-state index contributed by atoms with van der Waals surface area (Å²) in [5, 5.41) is 3.25. The van der Waals surface area contributed by atoms with Crippen LogP contribution in [0.2, 0.25) is 0 Å². The number of likely N-dealkylation sites (tertiary alicyclic amines) is 1. The first-order chi connectivity index (χ1) is 7.78. The number of hydrogen-bond acceptors (Lipinski definition) is 2. The monoisotopic (exact) mass is 224 g/mol. The van der Waals surface area contributed by atoms with E-state index in [1.165, 1.54) is 38.9 Å². The van der Waals surface area contributed by atoms with Crippen LogP contribution >= 0.6 is 0 Å². The average molecular weight is 224 g/mol. The van der Waals surface area contributed by atoms with Crippen LogP contribution in [0.5, 0.6) is 0 Å². The number of piperidine rings is 1. The molecule has 4 heteroatoms. The molecule has 0 aromatic rings. The number of guanidine groups is 1. The summed E-state index contributed by atoms with van der Waals surface area (Å²) in [7, 11) is 0. The van der Waals surface area contributed by atoms with Crippen LogP contribution < -0.4 is 11.1 Å². The zero-order valence-electron chi connectivity index (χ0n) is 10.3. The summed E-state index contributed by atoms with van der Waals surface area (Å²) in [6.45, 7) is 5.82. The normalized spacial score (nSPS) is 24.7. The first-order valence-electron chi connectivity index (χ1n) is 6.60. The Morgan fingerprint density at radius 3 is 2.56 bits per heavy atom. The quantitative estimate of drug-likeness (QED) is 0.552. The van der Waals surface area contributed by atoms with Crippen LogP contribution in [0, 0.1) is 0 Å². The topological polar surface area (TPSA) is 53.6 Å². The maximum absolute atomic E-state index is 5.86. The summed E-state index contributed by atoms with van der Waals surface area (Å²) in [6.07, 6.45) is 6.08. The van der Waals surface area contributed by atoms with Gasteiger partial charge in [-0.05, 0) is 38.6 Å². The summed E-state index contributed by atoms with van der Waals surface area (Å²) >= 11 is 0. The van der Waals surface area contributed by atoms with Crippen LogP contribution in [0.3, 0.4) is 0 Å². The molecule has 0 bridgehead atoms. The fourth-order valence-electron chi connectivity index (χ4n) is 2.26. The van der Waals surface area contributed by atoms with E-state index in [1.54, 1.807) is 0 Å². The van der Waals surface area contributed by atoms with Crippen LogP contribution in [0.4, 0.5) is 0 Å². The Hall–Kier alpha value is -0.770. The molecule has 2 rings (SSSR count). The number of hydrogen-bond donors (Lipinski definition) is 2. The molecule has 1 aliphatic carbocycles. The summed E-state index contributed by atoms with van der Waals surface area (Å²) in [5.74, 6) is 0.663. The van der Waals surface area contributed by atoms with Crippen molar-refractivity contribution in [3.05, 3.63) is 0 Å². The van der Waals surface area contributed by atoms with Crippen molar-refractivity contribution in [2.75, 3.05) is 19.6 Å². The van der Waals surface area contributed by atoms with E-state index in [2.05, 4.69) is 22.1 Å². The molecule has 0 aromatic carbocycles. The second-order valence-electron chi connectivity index (χ2n) is 5.01. The lowest BCUT2D eigenvalue weighted by Gasteiger charge is -2.29. The van der Waals surface area contributed by atoms with Gasteiger partial charge in [0.25, 0.3) is 0 Å². The van der Waals surface area contributed by atoms with Gasteiger partial charge in [0.05, 0.1) is 6.04 Å². The summed E-state index contributed by atoms with van der Waals surface area (Å²) in [4.78, 5) is 7.09. The Morgan fingerprint density at radius 1 is 1.31 bits per heavy atom. The molecule has 3 N–H and O–H groups in total. The summed E-state index contributed by atoms with van der Waals surface area (Å²) < 4.78 is 0.